The Hall–Kier alpha value is -3.80. The summed E-state index contributed by atoms with van der Waals surface area (Å²) in [5.74, 6) is 3.03. The molecule has 1 aliphatic heterocycles. The van der Waals surface area contributed by atoms with Crippen molar-refractivity contribution < 1.29 is 24.4 Å². The van der Waals surface area contributed by atoms with Gasteiger partial charge in [0.05, 0.1) is 18.6 Å². The summed E-state index contributed by atoms with van der Waals surface area (Å²) in [5, 5.41) is 18.6. The summed E-state index contributed by atoms with van der Waals surface area (Å²) >= 11 is 0. The molecule has 1 heterocycles. The van der Waals surface area contributed by atoms with E-state index in [1.54, 1.807) is 0 Å². The fourth-order valence-corrected chi connectivity index (χ4v) is 5.36. The maximum atomic E-state index is 9.29. The van der Waals surface area contributed by atoms with Crippen molar-refractivity contribution >= 4 is 0 Å². The minimum atomic E-state index is -0.632. The third-order valence-electron chi connectivity index (χ3n) is 6.60. The van der Waals surface area contributed by atoms with Gasteiger partial charge in [-0.3, -0.25) is 0 Å². The molecule has 0 radical (unpaired) electrons. The normalized spacial score (nSPS) is 13.9. The average molecular weight is 453 g/mol. The van der Waals surface area contributed by atoms with Crippen molar-refractivity contribution in [2.24, 2.45) is 0 Å². The third-order valence-corrected chi connectivity index (χ3v) is 6.60. The van der Waals surface area contributed by atoms with E-state index in [2.05, 4.69) is 36.4 Å². The number of ether oxygens (including phenoxy) is 3. The molecule has 2 N–H and O–H groups in total. The first kappa shape index (κ1) is 20.8. The second-order valence-electron chi connectivity index (χ2n) is 8.40. The zero-order valence-electron chi connectivity index (χ0n) is 18.5. The van der Waals surface area contributed by atoms with Crippen molar-refractivity contribution in [1.29, 1.82) is 0 Å². The van der Waals surface area contributed by atoms with Crippen LogP contribution in [0, 0.1) is 0 Å². The molecule has 34 heavy (non-hydrogen) atoms. The zero-order chi connectivity index (χ0) is 23.1. The zero-order valence-corrected chi connectivity index (χ0v) is 18.5. The second kappa shape index (κ2) is 8.20. The van der Waals surface area contributed by atoms with Gasteiger partial charge in [-0.25, -0.2) is 0 Å². The predicted molar refractivity (Wildman–Crippen MR) is 129 cm³/mol. The molecule has 0 atom stereocenters. The standard InChI is InChI=1S/C29H24O5/c30-13-15-32-19-9-11-21-22-12-10-20(33-16-14-31)18-26(22)29(25(21)17-19)23-5-1-3-7-27(23)34-28-8-4-2-6-24(28)29/h1-12,17-18,30-31H,13-16H2. The van der Waals surface area contributed by atoms with Gasteiger partial charge in [0.15, 0.2) is 0 Å². The molecule has 0 saturated heterocycles. The number of aliphatic hydroxyl groups is 2. The summed E-state index contributed by atoms with van der Waals surface area (Å²) in [6.07, 6.45) is 0. The maximum Gasteiger partial charge on any atom is 0.132 e. The fourth-order valence-electron chi connectivity index (χ4n) is 5.36. The molecule has 0 aromatic heterocycles. The number of benzene rings is 4. The molecule has 0 saturated carbocycles. The highest BCUT2D eigenvalue weighted by Gasteiger charge is 2.51. The van der Waals surface area contributed by atoms with E-state index in [1.165, 1.54) is 0 Å². The summed E-state index contributed by atoms with van der Waals surface area (Å²) in [5.41, 5.74) is 5.89. The lowest BCUT2D eigenvalue weighted by Crippen LogP contribution is -2.32. The molecule has 170 valence electrons. The van der Waals surface area contributed by atoms with Crippen molar-refractivity contribution in [3.63, 3.8) is 0 Å². The summed E-state index contributed by atoms with van der Waals surface area (Å²) in [7, 11) is 0. The van der Waals surface area contributed by atoms with E-state index in [0.717, 1.165) is 44.9 Å². The SMILES string of the molecule is OCCOc1ccc2c(c1)C1(c3ccccc3Oc3ccccc31)c1cc(OCCO)ccc1-2. The first-order valence-electron chi connectivity index (χ1n) is 11.4. The Kier molecular flexibility index (Phi) is 5.01. The Morgan fingerprint density at radius 2 is 1.06 bits per heavy atom. The van der Waals surface area contributed by atoms with Crippen LogP contribution in [0.1, 0.15) is 22.3 Å². The monoisotopic (exact) mass is 452 g/mol. The molecule has 0 unspecified atom stereocenters. The van der Waals surface area contributed by atoms with Crippen LogP contribution >= 0.6 is 0 Å². The van der Waals surface area contributed by atoms with Gasteiger partial charge in [0, 0.05) is 11.1 Å². The van der Waals surface area contributed by atoms with Crippen molar-refractivity contribution in [2.75, 3.05) is 26.4 Å². The van der Waals surface area contributed by atoms with E-state index in [0.29, 0.717) is 11.5 Å². The van der Waals surface area contributed by atoms with E-state index in [9.17, 15) is 10.2 Å². The number of hydrogen-bond donors (Lipinski definition) is 2. The van der Waals surface area contributed by atoms with Crippen LogP contribution < -0.4 is 14.2 Å². The minimum Gasteiger partial charge on any atom is -0.491 e. The molecule has 2 aliphatic rings. The van der Waals surface area contributed by atoms with Gasteiger partial charge in [-0.2, -0.15) is 0 Å². The molecule has 1 aliphatic carbocycles. The van der Waals surface area contributed by atoms with Crippen molar-refractivity contribution in [1.82, 2.24) is 0 Å². The second-order valence-corrected chi connectivity index (χ2v) is 8.40. The molecule has 0 fully saturated rings. The summed E-state index contributed by atoms with van der Waals surface area (Å²) in [4.78, 5) is 0. The van der Waals surface area contributed by atoms with Gasteiger partial charge >= 0.3 is 0 Å². The van der Waals surface area contributed by atoms with Crippen LogP contribution in [-0.4, -0.2) is 36.6 Å². The number of para-hydroxylation sites is 2. The van der Waals surface area contributed by atoms with E-state index in [4.69, 9.17) is 14.2 Å². The van der Waals surface area contributed by atoms with Crippen LogP contribution in [0.5, 0.6) is 23.0 Å². The van der Waals surface area contributed by atoms with E-state index in [-0.39, 0.29) is 26.4 Å². The van der Waals surface area contributed by atoms with E-state index >= 15 is 0 Å². The maximum absolute atomic E-state index is 9.29. The summed E-state index contributed by atoms with van der Waals surface area (Å²) < 4.78 is 18.0. The number of aliphatic hydroxyl groups excluding tert-OH is 2. The van der Waals surface area contributed by atoms with Gasteiger partial charge in [0.25, 0.3) is 0 Å². The highest BCUT2D eigenvalue weighted by atomic mass is 16.5. The van der Waals surface area contributed by atoms with Gasteiger partial charge in [-0.15, -0.1) is 0 Å². The molecule has 4 aromatic rings. The van der Waals surface area contributed by atoms with Crippen LogP contribution in [-0.2, 0) is 5.41 Å². The molecule has 6 rings (SSSR count). The Morgan fingerprint density at radius 1 is 0.588 bits per heavy atom. The Morgan fingerprint density at radius 3 is 1.53 bits per heavy atom. The first-order valence-corrected chi connectivity index (χ1v) is 11.4. The lowest BCUT2D eigenvalue weighted by atomic mass is 9.66. The predicted octanol–water partition coefficient (Wildman–Crippen LogP) is 4.90. The molecule has 0 bridgehead atoms. The third kappa shape index (κ3) is 2.94. The van der Waals surface area contributed by atoms with Crippen LogP contribution in [0.25, 0.3) is 11.1 Å². The van der Waals surface area contributed by atoms with Crippen molar-refractivity contribution in [2.45, 2.75) is 5.41 Å². The highest BCUT2D eigenvalue weighted by molar-refractivity contribution is 5.89. The van der Waals surface area contributed by atoms with Crippen molar-refractivity contribution in [3.05, 3.63) is 107 Å². The lowest BCUT2D eigenvalue weighted by molar-refractivity contribution is 0.201. The molecule has 1 spiro atoms. The number of rotatable bonds is 6. The Labute approximate surface area is 197 Å². The smallest absolute Gasteiger partial charge is 0.132 e. The van der Waals surface area contributed by atoms with Gasteiger partial charge in [0.1, 0.15) is 36.2 Å². The van der Waals surface area contributed by atoms with Gasteiger partial charge in [-0.1, -0.05) is 48.5 Å². The lowest BCUT2D eigenvalue weighted by Gasteiger charge is -2.39. The average Bonchev–Trinajstić information content (AvgIpc) is 3.16. The molecular formula is C29H24O5. The Balaban J connectivity index is 1.70. The van der Waals surface area contributed by atoms with Crippen LogP contribution in [0.3, 0.4) is 0 Å². The quantitative estimate of drug-likeness (QED) is 0.376. The number of hydrogen-bond acceptors (Lipinski definition) is 5. The van der Waals surface area contributed by atoms with Crippen molar-refractivity contribution in [3.8, 4) is 34.1 Å². The minimum absolute atomic E-state index is 0.0481. The first-order chi connectivity index (χ1) is 16.8. The topological polar surface area (TPSA) is 68.2 Å². The number of fused-ring (bicyclic) bond motifs is 9. The largest absolute Gasteiger partial charge is 0.491 e. The van der Waals surface area contributed by atoms with Gasteiger partial charge in [-0.05, 0) is 58.7 Å². The van der Waals surface area contributed by atoms with Crippen LogP contribution in [0.4, 0.5) is 0 Å². The van der Waals surface area contributed by atoms with E-state index < -0.39 is 5.41 Å². The summed E-state index contributed by atoms with van der Waals surface area (Å²) in [6, 6.07) is 28.5. The Bertz CT molecular complexity index is 1270. The summed E-state index contributed by atoms with van der Waals surface area (Å²) in [6.45, 7) is 0.364. The van der Waals surface area contributed by atoms with Gasteiger partial charge < -0.3 is 24.4 Å². The highest BCUT2D eigenvalue weighted by Crippen LogP contribution is 2.62. The fraction of sp³-hybridized carbons (Fsp3) is 0.172. The van der Waals surface area contributed by atoms with Gasteiger partial charge in [0.2, 0.25) is 0 Å². The van der Waals surface area contributed by atoms with E-state index in [1.807, 2.05) is 48.5 Å². The van der Waals surface area contributed by atoms with Crippen LogP contribution in [0.15, 0.2) is 84.9 Å². The molecule has 5 heteroatoms. The van der Waals surface area contributed by atoms with Crippen LogP contribution in [0.2, 0.25) is 0 Å². The molecule has 5 nitrogen and oxygen atoms in total. The molecule has 0 amide bonds. The molecular weight excluding hydrogens is 428 g/mol. The molecule has 4 aromatic carbocycles.